The van der Waals surface area contributed by atoms with Crippen molar-refractivity contribution in [3.05, 3.63) is 23.8 Å². The molecule has 1 atom stereocenters. The third-order valence-electron chi connectivity index (χ3n) is 6.28. The number of ether oxygens (including phenoxy) is 2. The molecule has 0 spiro atoms. The van der Waals surface area contributed by atoms with E-state index in [1.54, 1.807) is 7.11 Å². The second-order valence-electron chi connectivity index (χ2n) is 8.73. The Hall–Kier alpha value is -1.30. The predicted molar refractivity (Wildman–Crippen MR) is 118 cm³/mol. The Morgan fingerprint density at radius 2 is 1.69 bits per heavy atom. The van der Waals surface area contributed by atoms with Crippen LogP contribution in [0.4, 0.5) is 0 Å². The average Bonchev–Trinajstić information content (AvgIpc) is 3.16. The SMILES string of the molecule is COc1cc(CNC2CCCCCC2)ccc1OC[C@@H](O)CN1CCCCCC1. The van der Waals surface area contributed by atoms with Crippen LogP contribution in [0.1, 0.15) is 69.8 Å². The number of β-amino-alcohol motifs (C(OH)–C–C–N with tert-alkyl or cyclic N) is 1. The van der Waals surface area contributed by atoms with Crippen molar-refractivity contribution in [3.8, 4) is 11.5 Å². The van der Waals surface area contributed by atoms with Crippen molar-refractivity contribution >= 4 is 0 Å². The van der Waals surface area contributed by atoms with Crippen molar-refractivity contribution in [1.82, 2.24) is 10.2 Å². The van der Waals surface area contributed by atoms with Crippen LogP contribution in [0, 0.1) is 0 Å². The van der Waals surface area contributed by atoms with Gasteiger partial charge in [0.05, 0.1) is 7.11 Å². The lowest BCUT2D eigenvalue weighted by molar-refractivity contribution is 0.0683. The molecular formula is C24H40N2O3. The average molecular weight is 405 g/mol. The van der Waals surface area contributed by atoms with Crippen LogP contribution in [0.5, 0.6) is 11.5 Å². The maximum Gasteiger partial charge on any atom is 0.161 e. The van der Waals surface area contributed by atoms with E-state index in [9.17, 15) is 5.11 Å². The van der Waals surface area contributed by atoms with Crippen LogP contribution in [-0.4, -0.2) is 55.5 Å². The zero-order valence-corrected chi connectivity index (χ0v) is 18.2. The molecule has 2 fully saturated rings. The van der Waals surface area contributed by atoms with Gasteiger partial charge in [0.25, 0.3) is 0 Å². The molecular weight excluding hydrogens is 364 g/mol. The maximum absolute atomic E-state index is 10.4. The molecule has 5 nitrogen and oxygen atoms in total. The zero-order valence-electron chi connectivity index (χ0n) is 18.2. The standard InChI is InChI=1S/C24H40N2O3/c1-28-24-16-20(17-25-21-10-6-2-3-7-11-21)12-13-23(24)29-19-22(27)18-26-14-8-4-5-9-15-26/h12-13,16,21-22,25,27H,2-11,14-15,17-19H2,1H3/t22-/m0/s1. The van der Waals surface area contributed by atoms with Gasteiger partial charge in [-0.2, -0.15) is 0 Å². The summed E-state index contributed by atoms with van der Waals surface area (Å²) in [5, 5.41) is 14.1. The minimum atomic E-state index is -0.477. The van der Waals surface area contributed by atoms with Crippen LogP contribution in [0.25, 0.3) is 0 Å². The highest BCUT2D eigenvalue weighted by Crippen LogP contribution is 2.28. The summed E-state index contributed by atoms with van der Waals surface area (Å²) in [6, 6.07) is 6.76. The summed E-state index contributed by atoms with van der Waals surface area (Å²) < 4.78 is 11.5. The molecule has 1 saturated heterocycles. The second-order valence-corrected chi connectivity index (χ2v) is 8.73. The van der Waals surface area contributed by atoms with Crippen LogP contribution in [-0.2, 0) is 6.54 Å². The van der Waals surface area contributed by atoms with Crippen molar-refractivity contribution in [1.29, 1.82) is 0 Å². The fourth-order valence-corrected chi connectivity index (χ4v) is 4.54. The number of hydrogen-bond acceptors (Lipinski definition) is 5. The van der Waals surface area contributed by atoms with Gasteiger partial charge in [-0.15, -0.1) is 0 Å². The van der Waals surface area contributed by atoms with E-state index < -0.39 is 6.10 Å². The predicted octanol–water partition coefficient (Wildman–Crippen LogP) is 4.12. The van der Waals surface area contributed by atoms with Crippen LogP contribution in [0.3, 0.4) is 0 Å². The molecule has 1 saturated carbocycles. The van der Waals surface area contributed by atoms with E-state index in [4.69, 9.17) is 9.47 Å². The maximum atomic E-state index is 10.4. The minimum absolute atomic E-state index is 0.298. The third-order valence-corrected chi connectivity index (χ3v) is 6.28. The highest BCUT2D eigenvalue weighted by molar-refractivity contribution is 5.43. The smallest absolute Gasteiger partial charge is 0.161 e. The normalized spacial score (nSPS) is 20.6. The van der Waals surface area contributed by atoms with E-state index in [1.807, 2.05) is 6.07 Å². The van der Waals surface area contributed by atoms with E-state index in [0.29, 0.717) is 24.9 Å². The number of nitrogens with zero attached hydrogens (tertiary/aromatic N) is 1. The Bertz CT molecular complexity index is 579. The number of aliphatic hydroxyl groups excluding tert-OH is 1. The van der Waals surface area contributed by atoms with Gasteiger partial charge in [-0.1, -0.05) is 44.6 Å². The first-order valence-corrected chi connectivity index (χ1v) is 11.7. The largest absolute Gasteiger partial charge is 0.493 e. The molecule has 3 rings (SSSR count). The Labute approximate surface area is 176 Å². The summed E-state index contributed by atoms with van der Waals surface area (Å²) in [6.07, 6.45) is 12.6. The highest BCUT2D eigenvalue weighted by atomic mass is 16.5. The minimum Gasteiger partial charge on any atom is -0.493 e. The first kappa shape index (κ1) is 22.4. The highest BCUT2D eigenvalue weighted by Gasteiger charge is 2.16. The van der Waals surface area contributed by atoms with Gasteiger partial charge in [0.15, 0.2) is 11.5 Å². The van der Waals surface area contributed by atoms with E-state index in [0.717, 1.165) is 25.4 Å². The number of methoxy groups -OCH3 is 1. The van der Waals surface area contributed by atoms with E-state index in [2.05, 4.69) is 22.3 Å². The van der Waals surface area contributed by atoms with Crippen molar-refractivity contribution in [2.45, 2.75) is 82.9 Å². The first-order valence-electron chi connectivity index (χ1n) is 11.7. The zero-order chi connectivity index (χ0) is 20.3. The number of likely N-dealkylation sites (tertiary alicyclic amines) is 1. The summed E-state index contributed by atoms with van der Waals surface area (Å²) in [5.74, 6) is 1.45. The number of hydrogen-bond donors (Lipinski definition) is 2. The molecule has 164 valence electrons. The summed E-state index contributed by atoms with van der Waals surface area (Å²) >= 11 is 0. The molecule has 0 unspecified atom stereocenters. The van der Waals surface area contributed by atoms with Gasteiger partial charge >= 0.3 is 0 Å². The van der Waals surface area contributed by atoms with E-state index in [1.165, 1.54) is 69.8 Å². The second kappa shape index (κ2) is 12.4. The molecule has 0 bridgehead atoms. The summed E-state index contributed by atoms with van der Waals surface area (Å²) in [5.41, 5.74) is 1.21. The van der Waals surface area contributed by atoms with Crippen molar-refractivity contribution in [2.75, 3.05) is 33.4 Å². The van der Waals surface area contributed by atoms with Gasteiger partial charge in [-0.3, -0.25) is 0 Å². The Kier molecular flexibility index (Phi) is 9.58. The van der Waals surface area contributed by atoms with Gasteiger partial charge in [-0.05, 0) is 56.5 Å². The van der Waals surface area contributed by atoms with E-state index in [-0.39, 0.29) is 0 Å². The van der Waals surface area contributed by atoms with Crippen LogP contribution < -0.4 is 14.8 Å². The van der Waals surface area contributed by atoms with Gasteiger partial charge in [-0.25, -0.2) is 0 Å². The van der Waals surface area contributed by atoms with Gasteiger partial charge in [0, 0.05) is 19.1 Å². The lowest BCUT2D eigenvalue weighted by Gasteiger charge is -2.23. The van der Waals surface area contributed by atoms with Crippen molar-refractivity contribution in [3.63, 3.8) is 0 Å². The summed E-state index contributed by atoms with van der Waals surface area (Å²) in [4.78, 5) is 2.36. The Balaban J connectivity index is 1.46. The number of aliphatic hydroxyl groups is 1. The van der Waals surface area contributed by atoms with Crippen LogP contribution in [0.15, 0.2) is 18.2 Å². The molecule has 1 heterocycles. The fraction of sp³-hybridized carbons (Fsp3) is 0.750. The molecule has 0 amide bonds. The molecule has 1 aliphatic heterocycles. The fourth-order valence-electron chi connectivity index (χ4n) is 4.54. The molecule has 1 aromatic rings. The number of nitrogens with one attached hydrogen (secondary N) is 1. The monoisotopic (exact) mass is 404 g/mol. The van der Waals surface area contributed by atoms with Gasteiger partial charge in [0.1, 0.15) is 12.7 Å². The summed E-state index contributed by atoms with van der Waals surface area (Å²) in [7, 11) is 1.68. The Morgan fingerprint density at radius 1 is 1.00 bits per heavy atom. The molecule has 0 radical (unpaired) electrons. The number of benzene rings is 1. The lowest BCUT2D eigenvalue weighted by atomic mass is 10.1. The third kappa shape index (κ3) is 7.80. The first-order chi connectivity index (χ1) is 14.2. The molecule has 2 N–H and O–H groups in total. The quantitative estimate of drug-likeness (QED) is 0.606. The van der Waals surface area contributed by atoms with Gasteiger partial charge < -0.3 is 24.8 Å². The van der Waals surface area contributed by atoms with E-state index >= 15 is 0 Å². The molecule has 1 aromatic carbocycles. The number of rotatable bonds is 9. The molecule has 2 aliphatic rings. The molecule has 29 heavy (non-hydrogen) atoms. The Morgan fingerprint density at radius 3 is 2.38 bits per heavy atom. The van der Waals surface area contributed by atoms with Crippen LogP contribution >= 0.6 is 0 Å². The molecule has 0 aromatic heterocycles. The van der Waals surface area contributed by atoms with Gasteiger partial charge in [0.2, 0.25) is 0 Å². The van der Waals surface area contributed by atoms with Crippen LogP contribution in [0.2, 0.25) is 0 Å². The van der Waals surface area contributed by atoms with Crippen molar-refractivity contribution < 1.29 is 14.6 Å². The molecule has 1 aliphatic carbocycles. The topological polar surface area (TPSA) is 54.0 Å². The van der Waals surface area contributed by atoms with Crippen molar-refractivity contribution in [2.24, 2.45) is 0 Å². The molecule has 5 heteroatoms. The lowest BCUT2D eigenvalue weighted by Crippen LogP contribution is -2.36. The summed E-state index contributed by atoms with van der Waals surface area (Å²) in [6.45, 7) is 4.02.